The van der Waals surface area contributed by atoms with Crippen LogP contribution in [-0.4, -0.2) is 38.5 Å². The second-order valence-electron chi connectivity index (χ2n) is 6.42. The zero-order valence-electron chi connectivity index (χ0n) is 15.4. The van der Waals surface area contributed by atoms with Gasteiger partial charge in [0.15, 0.2) is 6.61 Å². The van der Waals surface area contributed by atoms with Crippen molar-refractivity contribution in [3.05, 3.63) is 29.3 Å². The molecule has 8 nitrogen and oxygen atoms in total. The number of nitrogens with zero attached hydrogens (tertiary/aromatic N) is 1. The van der Waals surface area contributed by atoms with Crippen molar-refractivity contribution in [3.63, 3.8) is 0 Å². The van der Waals surface area contributed by atoms with E-state index in [0.29, 0.717) is 5.02 Å². The Balaban J connectivity index is 2.63. The first-order chi connectivity index (χ1) is 12.4. The molecule has 0 unspecified atom stereocenters. The zero-order chi connectivity index (χ0) is 20.8. The molecule has 0 aromatic heterocycles. The monoisotopic (exact) mass is 415 g/mol. The van der Waals surface area contributed by atoms with Gasteiger partial charge in [-0.2, -0.15) is 9.98 Å². The lowest BCUT2D eigenvalue weighted by Crippen LogP contribution is -2.50. The van der Waals surface area contributed by atoms with E-state index in [9.17, 15) is 18.0 Å². The molecule has 0 fully saturated rings. The number of benzene rings is 1. The lowest BCUT2D eigenvalue weighted by atomic mass is 9.90. The summed E-state index contributed by atoms with van der Waals surface area (Å²) in [5.74, 6) is -1.74. The second kappa shape index (κ2) is 9.17. The average Bonchev–Trinajstić information content (AvgIpc) is 2.59. The maximum Gasteiger partial charge on any atom is 0.324 e. The van der Waals surface area contributed by atoms with E-state index >= 15 is 0 Å². The smallest absolute Gasteiger partial charge is 0.324 e. The molecule has 148 valence electrons. The molecule has 27 heavy (non-hydrogen) atoms. The van der Waals surface area contributed by atoms with Crippen molar-refractivity contribution in [1.82, 2.24) is 10.0 Å². The summed E-state index contributed by atoms with van der Waals surface area (Å²) < 4.78 is 31.4. The highest BCUT2D eigenvalue weighted by molar-refractivity contribution is 7.89. The van der Waals surface area contributed by atoms with E-state index in [4.69, 9.17) is 21.6 Å². The molecule has 0 spiro atoms. The van der Waals surface area contributed by atoms with Crippen LogP contribution >= 0.6 is 11.6 Å². The number of nitriles is 1. The van der Waals surface area contributed by atoms with E-state index in [-0.39, 0.29) is 10.8 Å². The molecule has 1 amide bonds. The van der Waals surface area contributed by atoms with Crippen LogP contribution in [0.1, 0.15) is 27.7 Å². The van der Waals surface area contributed by atoms with Crippen molar-refractivity contribution in [3.8, 4) is 6.07 Å². The molecule has 0 saturated carbocycles. The summed E-state index contributed by atoms with van der Waals surface area (Å²) in [6, 6.07) is 6.19. The Morgan fingerprint density at radius 3 is 2.30 bits per heavy atom. The topological polar surface area (TPSA) is 125 Å². The Hall–Kier alpha value is -2.15. The fourth-order valence-electron chi connectivity index (χ4n) is 1.85. The fourth-order valence-corrected chi connectivity index (χ4v) is 3.17. The summed E-state index contributed by atoms with van der Waals surface area (Å²) in [5, 5.41) is 12.0. The molecule has 1 aromatic carbocycles. The number of nitrogens with one attached hydrogen (secondary N) is 2. The molecule has 0 aliphatic rings. The zero-order valence-corrected chi connectivity index (χ0v) is 17.0. The summed E-state index contributed by atoms with van der Waals surface area (Å²) >= 11 is 5.72. The van der Waals surface area contributed by atoms with Crippen LogP contribution in [0.2, 0.25) is 5.02 Å². The van der Waals surface area contributed by atoms with Gasteiger partial charge in [0.25, 0.3) is 5.91 Å². The number of hydrogen-bond donors (Lipinski definition) is 2. The highest BCUT2D eigenvalue weighted by Crippen LogP contribution is 2.15. The number of amides is 1. The van der Waals surface area contributed by atoms with Gasteiger partial charge in [-0.25, -0.2) is 8.42 Å². The number of sulfonamides is 1. The van der Waals surface area contributed by atoms with Gasteiger partial charge in [-0.05, 0) is 44.0 Å². The van der Waals surface area contributed by atoms with Gasteiger partial charge in [0.1, 0.15) is 11.6 Å². The maximum absolute atomic E-state index is 12.2. The highest BCUT2D eigenvalue weighted by Gasteiger charge is 2.30. The largest absolute Gasteiger partial charge is 0.454 e. The summed E-state index contributed by atoms with van der Waals surface area (Å²) in [4.78, 5) is 23.8. The number of carbonyl (C=O) groups is 2. The molecule has 0 heterocycles. The van der Waals surface area contributed by atoms with Crippen molar-refractivity contribution < 1.29 is 22.7 Å². The molecule has 0 radical (unpaired) electrons. The third kappa shape index (κ3) is 6.50. The van der Waals surface area contributed by atoms with E-state index in [2.05, 4.69) is 10.0 Å². The number of ether oxygens (including phenoxy) is 1. The first kappa shape index (κ1) is 22.9. The van der Waals surface area contributed by atoms with E-state index in [1.807, 2.05) is 6.07 Å². The van der Waals surface area contributed by atoms with E-state index in [0.717, 1.165) is 0 Å². The molecule has 0 aliphatic carbocycles. The maximum atomic E-state index is 12.2. The molecule has 0 saturated heterocycles. The first-order valence-corrected chi connectivity index (χ1v) is 9.94. The van der Waals surface area contributed by atoms with Crippen LogP contribution in [0.4, 0.5) is 0 Å². The predicted molar refractivity (Wildman–Crippen MR) is 99.2 cm³/mol. The molecule has 10 heteroatoms. The average molecular weight is 416 g/mol. The van der Waals surface area contributed by atoms with Gasteiger partial charge in [0.2, 0.25) is 10.0 Å². The van der Waals surface area contributed by atoms with E-state index in [1.54, 1.807) is 20.8 Å². The predicted octanol–water partition coefficient (Wildman–Crippen LogP) is 1.60. The van der Waals surface area contributed by atoms with Crippen molar-refractivity contribution in [2.24, 2.45) is 5.92 Å². The molecule has 2 atom stereocenters. The molecular formula is C17H22ClN3O5S. The van der Waals surface area contributed by atoms with Crippen LogP contribution in [0, 0.1) is 17.2 Å². The minimum Gasteiger partial charge on any atom is -0.454 e. The van der Waals surface area contributed by atoms with Gasteiger partial charge in [0.05, 0.1) is 11.0 Å². The van der Waals surface area contributed by atoms with Crippen LogP contribution in [0.5, 0.6) is 0 Å². The van der Waals surface area contributed by atoms with Crippen molar-refractivity contribution in [2.75, 3.05) is 6.61 Å². The van der Waals surface area contributed by atoms with Crippen molar-refractivity contribution in [2.45, 2.75) is 44.2 Å². The number of hydrogen-bond acceptors (Lipinski definition) is 6. The second-order valence-corrected chi connectivity index (χ2v) is 8.57. The van der Waals surface area contributed by atoms with Gasteiger partial charge in [0, 0.05) is 5.02 Å². The number of halogens is 1. The Bertz CT molecular complexity index is 833. The molecule has 1 rings (SSSR count). The summed E-state index contributed by atoms with van der Waals surface area (Å²) in [6.07, 6.45) is 0. The lowest BCUT2D eigenvalue weighted by Gasteiger charge is -2.27. The van der Waals surface area contributed by atoms with E-state index in [1.165, 1.54) is 31.2 Å². The molecule has 1 aromatic rings. The third-order valence-corrected chi connectivity index (χ3v) is 5.75. The molecular weight excluding hydrogens is 394 g/mol. The van der Waals surface area contributed by atoms with Crippen molar-refractivity contribution in [1.29, 1.82) is 5.26 Å². The van der Waals surface area contributed by atoms with Crippen LogP contribution in [0.15, 0.2) is 29.2 Å². The highest BCUT2D eigenvalue weighted by atomic mass is 35.5. The molecule has 0 aliphatic heterocycles. The van der Waals surface area contributed by atoms with Crippen LogP contribution < -0.4 is 10.0 Å². The van der Waals surface area contributed by atoms with Gasteiger partial charge in [-0.15, -0.1) is 0 Å². The summed E-state index contributed by atoms with van der Waals surface area (Å²) in [7, 11) is -3.96. The van der Waals surface area contributed by atoms with Crippen LogP contribution in [0.3, 0.4) is 0 Å². The van der Waals surface area contributed by atoms with Gasteiger partial charge in [-0.3, -0.25) is 9.59 Å². The fraction of sp³-hybridized carbons (Fsp3) is 0.471. The van der Waals surface area contributed by atoms with Crippen LogP contribution in [-0.2, 0) is 24.3 Å². The molecule has 2 N–H and O–H groups in total. The van der Waals surface area contributed by atoms with E-state index < -0.39 is 40.1 Å². The van der Waals surface area contributed by atoms with Gasteiger partial charge in [-0.1, -0.05) is 25.4 Å². The normalized spacial score (nSPS) is 14.7. The quantitative estimate of drug-likeness (QED) is 0.621. The van der Waals surface area contributed by atoms with Crippen molar-refractivity contribution >= 4 is 33.5 Å². The van der Waals surface area contributed by atoms with Gasteiger partial charge < -0.3 is 10.1 Å². The number of esters is 1. The standard InChI is InChI=1S/C17H22ClN3O5S/c1-11(2)17(4,10-19)20-15(22)9-26-16(23)12(3)21-27(24,25)14-7-5-13(18)6-8-14/h5-8,11-12,21H,9H2,1-4H3,(H,20,22)/t12-,17-/m0/s1. The number of carbonyl (C=O) groups excluding carboxylic acids is 2. The molecule has 0 bridgehead atoms. The minimum absolute atomic E-state index is 0.0639. The summed E-state index contributed by atoms with van der Waals surface area (Å²) in [6.45, 7) is 5.75. The summed E-state index contributed by atoms with van der Waals surface area (Å²) in [5.41, 5.74) is -1.11. The van der Waals surface area contributed by atoms with Gasteiger partial charge >= 0.3 is 5.97 Å². The third-order valence-electron chi connectivity index (χ3n) is 3.94. The Morgan fingerprint density at radius 1 is 1.26 bits per heavy atom. The number of rotatable bonds is 8. The lowest BCUT2D eigenvalue weighted by molar-refractivity contribution is -0.150. The SMILES string of the molecule is CC(C)[C@](C)(C#N)NC(=O)COC(=O)[C@H](C)NS(=O)(=O)c1ccc(Cl)cc1. The van der Waals surface area contributed by atoms with Crippen LogP contribution in [0.25, 0.3) is 0 Å². The Morgan fingerprint density at radius 2 is 1.81 bits per heavy atom. The Labute approximate surface area is 163 Å². The first-order valence-electron chi connectivity index (χ1n) is 8.08. The minimum atomic E-state index is -3.96. The Kier molecular flexibility index (Phi) is 7.77.